The zero-order valence-corrected chi connectivity index (χ0v) is 52.2. The quantitative estimate of drug-likeness (QED) is 0.0540. The summed E-state index contributed by atoms with van der Waals surface area (Å²) in [5.41, 5.74) is 3.07. The Morgan fingerprint density at radius 2 is 1.41 bits per heavy atom. The van der Waals surface area contributed by atoms with Crippen LogP contribution in [0, 0.1) is 24.7 Å². The fourth-order valence-electron chi connectivity index (χ4n) is 9.86. The lowest BCUT2D eigenvalue weighted by molar-refractivity contribution is -0.141. The number of carbonyl (C=O) groups is 8. The molecule has 1 aromatic carbocycles. The molecule has 1 aliphatic carbocycles. The zero-order valence-electron chi connectivity index (χ0n) is 47.3. The third kappa shape index (κ3) is 14.3. The summed E-state index contributed by atoms with van der Waals surface area (Å²) in [6.45, 7) is 4.89. The zero-order chi connectivity index (χ0) is 61.6. The summed E-state index contributed by atoms with van der Waals surface area (Å²) in [5, 5.41) is 43.0. The van der Waals surface area contributed by atoms with Gasteiger partial charge in [-0.05, 0) is 56.2 Å². The Morgan fingerprint density at radius 3 is 2.15 bits per heavy atom. The second kappa shape index (κ2) is 27.3. The highest BCUT2D eigenvalue weighted by Crippen LogP contribution is 2.41. The molecule has 0 radical (unpaired) electrons. The van der Waals surface area contributed by atoms with Crippen molar-refractivity contribution in [1.82, 2.24) is 61.5 Å². The van der Waals surface area contributed by atoms with Crippen LogP contribution in [0.5, 0.6) is 0 Å². The SMILES string of the molecule is CNC(=O)C[C@@H]1NC(=O)c2csc(n2)-c2ccc(-c3nc(N(CCC(=O)O)C(=O)[C@@H]4CC[C@@H](C(=O)O)C4)cs3)nc2-c2csc(n2)-c2csc(n2)[C@H](Cc2ccccc2)NC(=O)CNC(=O)c2nc(sc2COC)C(C(C)C)NC(=O)c2nc1sc2C. The predicted molar refractivity (Wildman–Crippen MR) is 329 cm³/mol. The maximum atomic E-state index is 14.4. The van der Waals surface area contributed by atoms with E-state index in [1.54, 1.807) is 35.2 Å². The first-order chi connectivity index (χ1) is 41.8. The van der Waals surface area contributed by atoms with E-state index in [1.165, 1.54) is 64.4 Å². The molecule has 7 N–H and O–H groups in total. The monoisotopic (exact) mass is 1290 g/mol. The van der Waals surface area contributed by atoms with E-state index < -0.39 is 83.9 Å². The van der Waals surface area contributed by atoms with E-state index in [0.717, 1.165) is 28.2 Å². The molecule has 2 aliphatic rings. The summed E-state index contributed by atoms with van der Waals surface area (Å²) in [4.78, 5) is 144. The summed E-state index contributed by atoms with van der Waals surface area (Å²) in [6, 6.07) is 10.6. The fourth-order valence-corrected chi connectivity index (χ4v) is 15.4. The van der Waals surface area contributed by atoms with Gasteiger partial charge in [0.15, 0.2) is 0 Å². The molecule has 6 amide bonds. The van der Waals surface area contributed by atoms with Crippen LogP contribution < -0.4 is 31.5 Å². The van der Waals surface area contributed by atoms with Gasteiger partial charge in [0.1, 0.15) is 70.0 Å². The second-order valence-corrected chi connectivity index (χ2v) is 26.5. The standard InChI is InChI=1S/C57H57N13O11S6/c1-26(2)43-55-69-46(38(87-55)21-81-5)48(76)59-20-41(72)60-33(17-28-9-7-6-8-10-28)52-65-37(24-84-52)53-63-35(22-83-53)45-31(50-64-36(23-82-50)47(75)62-34(19-40(71)58-4)54-68-44(27(3)86-54)49(77)67-43)13-14-32(61-45)51-66-39(25-85-51)70(16-15-42(73)74)56(78)29-11-12-30(18-29)57(79)80/h6-10,13-14,22-26,29-30,33-34,43H,11-12,15-21H2,1-5H3,(H,58,71)(H,59,76)(H,60,72)(H,62,75)(H,67,77)(H,73,74)(H,79,80)/t29-,30-,33+,34+,43?/m1/s1. The van der Waals surface area contributed by atoms with Gasteiger partial charge < -0.3 is 41.5 Å². The minimum atomic E-state index is -1.13. The molecule has 5 atom stereocenters. The second-order valence-electron chi connectivity index (χ2n) is 20.7. The molecule has 24 nitrogen and oxygen atoms in total. The lowest BCUT2D eigenvalue weighted by atomic mass is 10.0. The molecular formula is C57H57N13O11S6. The van der Waals surface area contributed by atoms with Crippen molar-refractivity contribution < 1.29 is 53.3 Å². The number of nitrogens with zero attached hydrogens (tertiary/aromatic N) is 8. The number of rotatable bonds is 14. The van der Waals surface area contributed by atoms with Crippen LogP contribution in [0.1, 0.15) is 126 Å². The summed E-state index contributed by atoms with van der Waals surface area (Å²) in [7, 11) is 2.94. The van der Waals surface area contributed by atoms with Gasteiger partial charge in [0.2, 0.25) is 17.7 Å². The van der Waals surface area contributed by atoms with Crippen molar-refractivity contribution in [3.63, 3.8) is 0 Å². The number of aryl methyl sites for hydroxylation is 1. The molecule has 8 aromatic rings. The highest BCUT2D eigenvalue weighted by molar-refractivity contribution is 7.15. The Balaban J connectivity index is 1.04. The highest BCUT2D eigenvalue weighted by Gasteiger charge is 2.38. The summed E-state index contributed by atoms with van der Waals surface area (Å²) in [6.07, 6.45) is 0.519. The van der Waals surface area contributed by atoms with Gasteiger partial charge in [0.25, 0.3) is 17.7 Å². The number of hydrogen-bond acceptors (Lipinski definition) is 22. The number of aliphatic carboxylic acids is 2. The van der Waals surface area contributed by atoms with E-state index in [-0.39, 0.29) is 66.2 Å². The van der Waals surface area contributed by atoms with Crippen LogP contribution in [0.25, 0.3) is 43.4 Å². The van der Waals surface area contributed by atoms with Crippen LogP contribution in [0.3, 0.4) is 0 Å². The highest BCUT2D eigenvalue weighted by atomic mass is 32.1. The molecule has 1 saturated carbocycles. The van der Waals surface area contributed by atoms with Crippen LogP contribution in [0.2, 0.25) is 0 Å². The molecule has 1 aliphatic heterocycles. The van der Waals surface area contributed by atoms with Gasteiger partial charge in [-0.3, -0.25) is 43.3 Å². The lowest BCUT2D eigenvalue weighted by Crippen LogP contribution is -2.39. The average molecular weight is 1290 g/mol. The number of fused-ring (bicyclic) bond motifs is 14. The predicted octanol–water partition coefficient (Wildman–Crippen LogP) is 8.13. The van der Waals surface area contributed by atoms with E-state index in [1.807, 2.05) is 49.6 Å². The van der Waals surface area contributed by atoms with Crippen molar-refractivity contribution in [2.45, 2.75) is 84.0 Å². The molecule has 0 saturated heterocycles. The largest absolute Gasteiger partial charge is 0.481 e. The number of anilines is 1. The van der Waals surface area contributed by atoms with Gasteiger partial charge in [-0.2, -0.15) is 0 Å². The maximum absolute atomic E-state index is 14.4. The van der Waals surface area contributed by atoms with Crippen LogP contribution in [-0.4, -0.2) is 120 Å². The number of amides is 6. The molecule has 8 heterocycles. The van der Waals surface area contributed by atoms with Gasteiger partial charge in [-0.1, -0.05) is 44.2 Å². The summed E-state index contributed by atoms with van der Waals surface area (Å²) >= 11 is 7.25. The van der Waals surface area contributed by atoms with Crippen molar-refractivity contribution in [2.75, 3.05) is 32.1 Å². The Hall–Kier alpha value is -8.13. The number of methoxy groups -OCH3 is 1. The van der Waals surface area contributed by atoms with E-state index >= 15 is 0 Å². The first-order valence-corrected chi connectivity index (χ1v) is 32.5. The number of ether oxygens (including phenoxy) is 1. The van der Waals surface area contributed by atoms with Crippen LogP contribution >= 0.6 is 68.0 Å². The third-order valence-corrected chi connectivity index (χ3v) is 20.1. The number of benzene rings is 1. The first kappa shape index (κ1) is 61.9. The maximum Gasteiger partial charge on any atom is 0.306 e. The molecule has 10 rings (SSSR count). The van der Waals surface area contributed by atoms with E-state index in [2.05, 4.69) is 26.6 Å². The first-order valence-electron chi connectivity index (χ1n) is 27.3. The number of pyridine rings is 1. The number of hydrogen-bond donors (Lipinski definition) is 7. The number of carboxylic acid groups (broad SMARTS) is 2. The summed E-state index contributed by atoms with van der Waals surface area (Å²) < 4.78 is 5.46. The normalized spacial score (nSPS) is 18.3. The molecule has 7 aromatic heterocycles. The Bertz CT molecular complexity index is 3910. The molecule has 87 heavy (non-hydrogen) atoms. The molecule has 0 spiro atoms. The van der Waals surface area contributed by atoms with Crippen molar-refractivity contribution in [3.8, 4) is 43.4 Å². The molecular weight excluding hydrogens is 1240 g/mol. The summed E-state index contributed by atoms with van der Waals surface area (Å²) in [5.74, 6) is -6.64. The van der Waals surface area contributed by atoms with Gasteiger partial charge in [-0.25, -0.2) is 34.9 Å². The van der Waals surface area contributed by atoms with Gasteiger partial charge >= 0.3 is 11.9 Å². The Labute approximate surface area is 521 Å². The molecule has 452 valence electrons. The molecule has 30 heteroatoms. The molecule has 1 unspecified atom stereocenters. The van der Waals surface area contributed by atoms with Crippen LogP contribution in [-0.2, 0) is 41.7 Å². The van der Waals surface area contributed by atoms with E-state index in [9.17, 15) is 48.6 Å². The van der Waals surface area contributed by atoms with Crippen LogP contribution in [0.4, 0.5) is 5.82 Å². The third-order valence-electron chi connectivity index (χ3n) is 14.3. The van der Waals surface area contributed by atoms with Crippen LogP contribution in [0.15, 0.2) is 64.0 Å². The smallest absolute Gasteiger partial charge is 0.306 e. The minimum Gasteiger partial charge on any atom is -0.481 e. The number of thiazole rings is 6. The Morgan fingerprint density at radius 1 is 0.701 bits per heavy atom. The number of nitrogens with one attached hydrogen (secondary N) is 5. The molecule has 10 bridgehead atoms. The van der Waals surface area contributed by atoms with Crippen molar-refractivity contribution in [2.24, 2.45) is 17.8 Å². The average Bonchev–Trinajstić information content (AvgIpc) is 2.92. The van der Waals surface area contributed by atoms with Crippen molar-refractivity contribution >= 4 is 121 Å². The van der Waals surface area contributed by atoms with Crippen molar-refractivity contribution in [1.29, 1.82) is 0 Å². The minimum absolute atomic E-state index is 0.00462. The van der Waals surface area contributed by atoms with Gasteiger partial charge in [-0.15, -0.1) is 68.0 Å². The lowest BCUT2D eigenvalue weighted by Gasteiger charge is -2.23. The Kier molecular flexibility index (Phi) is 19.4. The van der Waals surface area contributed by atoms with E-state index in [0.29, 0.717) is 82.4 Å². The van der Waals surface area contributed by atoms with Gasteiger partial charge in [0, 0.05) is 58.6 Å². The number of aromatic nitrogens is 7. The van der Waals surface area contributed by atoms with Crippen molar-refractivity contribution in [3.05, 3.63) is 111 Å². The fraction of sp³-hybridized carbons (Fsp3) is 0.351. The number of carbonyl (C=O) groups excluding carboxylic acids is 6. The van der Waals surface area contributed by atoms with Gasteiger partial charge in [0.05, 0.1) is 60.6 Å². The molecule has 1 fully saturated rings. The van der Waals surface area contributed by atoms with E-state index in [4.69, 9.17) is 39.6 Å². The topological polar surface area (TPSA) is 340 Å². The number of carboxylic acids is 2.